The molecule has 0 aromatic carbocycles. The molecule has 4 amide bonds. The van der Waals surface area contributed by atoms with Crippen molar-refractivity contribution in [2.75, 3.05) is 25.1 Å². The molecule has 1 atom stereocenters. The van der Waals surface area contributed by atoms with Crippen LogP contribution in [0.5, 0.6) is 0 Å². The maximum Gasteiger partial charge on any atom is 0.322 e. The van der Waals surface area contributed by atoms with Gasteiger partial charge in [-0.15, -0.1) is 0 Å². The van der Waals surface area contributed by atoms with Gasteiger partial charge >= 0.3 is 6.03 Å². The molecule has 2 aliphatic rings. The fourth-order valence-electron chi connectivity index (χ4n) is 2.27. The van der Waals surface area contributed by atoms with Gasteiger partial charge in [-0.05, 0) is 6.42 Å². The summed E-state index contributed by atoms with van der Waals surface area (Å²) in [5.41, 5.74) is -1.04. The molecule has 2 saturated heterocycles. The van der Waals surface area contributed by atoms with Crippen molar-refractivity contribution in [3.63, 3.8) is 0 Å². The first kappa shape index (κ1) is 13.8. The number of likely N-dealkylation sites (tertiary alicyclic amines) is 1. The summed E-state index contributed by atoms with van der Waals surface area (Å²) in [5, 5.41) is 4.67. The second kappa shape index (κ2) is 4.48. The number of carbonyl (C=O) groups excluding carboxylic acids is 3. The number of urea groups is 1. The van der Waals surface area contributed by atoms with E-state index in [9.17, 15) is 22.8 Å². The number of hydrogen-bond donors (Lipinski definition) is 2. The third kappa shape index (κ3) is 2.86. The molecule has 0 aromatic rings. The van der Waals surface area contributed by atoms with Crippen molar-refractivity contribution in [3.05, 3.63) is 0 Å². The quantitative estimate of drug-likeness (QED) is 0.597. The second-order valence-electron chi connectivity index (χ2n) is 4.94. The minimum absolute atomic E-state index is 0.0904. The van der Waals surface area contributed by atoms with Gasteiger partial charge in [0.2, 0.25) is 5.91 Å². The van der Waals surface area contributed by atoms with E-state index in [0.717, 1.165) is 6.26 Å². The van der Waals surface area contributed by atoms with Crippen LogP contribution in [0, 0.1) is 0 Å². The van der Waals surface area contributed by atoms with Crippen molar-refractivity contribution >= 4 is 27.7 Å². The van der Waals surface area contributed by atoms with Crippen molar-refractivity contribution in [2.45, 2.75) is 18.4 Å². The SMILES string of the molecule is CS(=O)(=O)CCC(=O)N1CCC2(C1)NC(=O)NC2=O. The number of nitrogens with one attached hydrogen (secondary N) is 2. The molecule has 2 heterocycles. The predicted octanol–water partition coefficient (Wildman–Crippen LogP) is -1.77. The average Bonchev–Trinajstić information content (AvgIpc) is 2.81. The van der Waals surface area contributed by atoms with Crippen LogP contribution in [0.4, 0.5) is 4.79 Å². The first-order valence-corrected chi connectivity index (χ1v) is 7.87. The zero-order valence-electron chi connectivity index (χ0n) is 10.4. The van der Waals surface area contributed by atoms with E-state index in [1.54, 1.807) is 0 Å². The fourth-order valence-corrected chi connectivity index (χ4v) is 2.81. The third-order valence-corrected chi connectivity index (χ3v) is 4.27. The highest BCUT2D eigenvalue weighted by Crippen LogP contribution is 2.25. The molecule has 106 valence electrons. The molecule has 2 aliphatic heterocycles. The van der Waals surface area contributed by atoms with Crippen LogP contribution in [0.25, 0.3) is 0 Å². The summed E-state index contributed by atoms with van der Waals surface area (Å²) in [7, 11) is -3.19. The van der Waals surface area contributed by atoms with Gasteiger partial charge in [0.05, 0.1) is 12.3 Å². The van der Waals surface area contributed by atoms with Crippen LogP contribution in [0.15, 0.2) is 0 Å². The Bertz CT molecular complexity index is 543. The molecule has 1 spiro atoms. The number of sulfone groups is 1. The van der Waals surface area contributed by atoms with Crippen molar-refractivity contribution in [2.24, 2.45) is 0 Å². The molecular weight excluding hydrogens is 274 g/mol. The highest BCUT2D eigenvalue weighted by Gasteiger charge is 2.51. The lowest BCUT2D eigenvalue weighted by Crippen LogP contribution is -2.49. The van der Waals surface area contributed by atoms with Gasteiger partial charge in [-0.3, -0.25) is 14.9 Å². The van der Waals surface area contributed by atoms with Crippen molar-refractivity contribution in [1.29, 1.82) is 0 Å². The molecule has 2 N–H and O–H groups in total. The van der Waals surface area contributed by atoms with Crippen LogP contribution in [0.3, 0.4) is 0 Å². The smallest absolute Gasteiger partial charge is 0.322 e. The largest absolute Gasteiger partial charge is 0.340 e. The summed E-state index contributed by atoms with van der Waals surface area (Å²) < 4.78 is 22.0. The molecule has 0 aliphatic carbocycles. The van der Waals surface area contributed by atoms with Gasteiger partial charge in [0.1, 0.15) is 15.4 Å². The highest BCUT2D eigenvalue weighted by atomic mass is 32.2. The Morgan fingerprint density at radius 2 is 2.11 bits per heavy atom. The van der Waals surface area contributed by atoms with Gasteiger partial charge in [0.25, 0.3) is 5.91 Å². The maximum atomic E-state index is 11.8. The summed E-state index contributed by atoms with van der Waals surface area (Å²) in [6.45, 7) is 0.420. The minimum atomic E-state index is -3.19. The summed E-state index contributed by atoms with van der Waals surface area (Å²) >= 11 is 0. The topological polar surface area (TPSA) is 113 Å². The van der Waals surface area contributed by atoms with E-state index in [-0.39, 0.29) is 24.6 Å². The number of rotatable bonds is 3. The monoisotopic (exact) mass is 289 g/mol. The van der Waals surface area contributed by atoms with Crippen LogP contribution >= 0.6 is 0 Å². The van der Waals surface area contributed by atoms with Crippen molar-refractivity contribution in [1.82, 2.24) is 15.5 Å². The lowest BCUT2D eigenvalue weighted by molar-refractivity contribution is -0.130. The minimum Gasteiger partial charge on any atom is -0.340 e. The molecule has 2 fully saturated rings. The van der Waals surface area contributed by atoms with Crippen LogP contribution in [-0.2, 0) is 19.4 Å². The van der Waals surface area contributed by atoms with Crippen LogP contribution in [0.1, 0.15) is 12.8 Å². The zero-order valence-corrected chi connectivity index (χ0v) is 11.2. The molecule has 0 aromatic heterocycles. The van der Waals surface area contributed by atoms with Crippen LogP contribution in [-0.4, -0.2) is 61.8 Å². The second-order valence-corrected chi connectivity index (χ2v) is 7.20. The average molecular weight is 289 g/mol. The Labute approximate surface area is 110 Å². The van der Waals surface area contributed by atoms with E-state index in [0.29, 0.717) is 13.0 Å². The lowest BCUT2D eigenvalue weighted by Gasteiger charge is -2.21. The van der Waals surface area contributed by atoms with E-state index in [1.807, 2.05) is 0 Å². The van der Waals surface area contributed by atoms with Gasteiger partial charge in [-0.1, -0.05) is 0 Å². The van der Waals surface area contributed by atoms with Gasteiger partial charge in [-0.25, -0.2) is 13.2 Å². The van der Waals surface area contributed by atoms with Crippen LogP contribution in [0.2, 0.25) is 0 Å². The number of nitrogens with zero attached hydrogens (tertiary/aromatic N) is 1. The van der Waals surface area contributed by atoms with E-state index in [2.05, 4.69) is 10.6 Å². The van der Waals surface area contributed by atoms with Gasteiger partial charge in [0, 0.05) is 19.2 Å². The molecular formula is C10H15N3O5S. The Hall–Kier alpha value is -1.64. The molecule has 0 radical (unpaired) electrons. The van der Waals surface area contributed by atoms with E-state index in [1.165, 1.54) is 4.90 Å². The Morgan fingerprint density at radius 3 is 2.63 bits per heavy atom. The summed E-state index contributed by atoms with van der Waals surface area (Å²) in [6.07, 6.45) is 1.30. The number of hydrogen-bond acceptors (Lipinski definition) is 5. The molecule has 9 heteroatoms. The predicted molar refractivity (Wildman–Crippen MR) is 64.9 cm³/mol. The molecule has 8 nitrogen and oxygen atoms in total. The maximum absolute atomic E-state index is 11.8. The van der Waals surface area contributed by atoms with Gasteiger partial charge in [-0.2, -0.15) is 0 Å². The lowest BCUT2D eigenvalue weighted by atomic mass is 10.00. The number of carbonyl (C=O) groups is 3. The zero-order chi connectivity index (χ0) is 14.3. The van der Waals surface area contributed by atoms with E-state index in [4.69, 9.17) is 0 Å². The normalized spacial score (nSPS) is 26.7. The molecule has 1 unspecified atom stereocenters. The summed E-state index contributed by atoms with van der Waals surface area (Å²) in [5.74, 6) is -0.972. The van der Waals surface area contributed by atoms with Crippen molar-refractivity contribution in [3.8, 4) is 0 Å². The van der Waals surface area contributed by atoms with Gasteiger partial charge in [0.15, 0.2) is 0 Å². The Morgan fingerprint density at radius 1 is 1.42 bits per heavy atom. The molecule has 0 saturated carbocycles. The first-order chi connectivity index (χ1) is 8.72. The molecule has 2 rings (SSSR count). The van der Waals surface area contributed by atoms with E-state index >= 15 is 0 Å². The summed E-state index contributed by atoms with van der Waals surface area (Å²) in [4.78, 5) is 36.0. The van der Waals surface area contributed by atoms with E-state index < -0.39 is 27.3 Å². The standard InChI is InChI=1S/C10H15N3O5S/c1-19(17,18)5-2-7(14)13-4-3-10(6-13)8(15)11-9(16)12-10/h2-6H2,1H3,(H2,11,12,15,16). The highest BCUT2D eigenvalue weighted by molar-refractivity contribution is 7.90. The van der Waals surface area contributed by atoms with Crippen molar-refractivity contribution < 1.29 is 22.8 Å². The third-order valence-electron chi connectivity index (χ3n) is 3.32. The first-order valence-electron chi connectivity index (χ1n) is 5.81. The fraction of sp³-hybridized carbons (Fsp3) is 0.700. The Kier molecular flexibility index (Phi) is 3.25. The molecule has 0 bridgehead atoms. The van der Waals surface area contributed by atoms with Crippen LogP contribution < -0.4 is 10.6 Å². The molecule has 19 heavy (non-hydrogen) atoms. The summed E-state index contributed by atoms with van der Waals surface area (Å²) in [6, 6.07) is -0.560. The van der Waals surface area contributed by atoms with Gasteiger partial charge < -0.3 is 10.2 Å². The Balaban J connectivity index is 1.97. The number of imide groups is 1. The number of amides is 4.